The van der Waals surface area contributed by atoms with Crippen LogP contribution in [-0.4, -0.2) is 21.2 Å². The summed E-state index contributed by atoms with van der Waals surface area (Å²) in [6.45, 7) is 5.73. The van der Waals surface area contributed by atoms with E-state index in [-0.39, 0.29) is 23.8 Å². The fourth-order valence-corrected chi connectivity index (χ4v) is 3.68. The number of aryl methyl sites for hydroxylation is 3. The van der Waals surface area contributed by atoms with E-state index in [1.165, 1.54) is 11.8 Å². The summed E-state index contributed by atoms with van der Waals surface area (Å²) in [5, 5.41) is 3.18. The zero-order chi connectivity index (χ0) is 23.5. The van der Waals surface area contributed by atoms with Gasteiger partial charge in [0.1, 0.15) is 12.2 Å². The van der Waals surface area contributed by atoms with Crippen molar-refractivity contribution in [3.8, 4) is 0 Å². The number of fused-ring (bicyclic) bond motifs is 1. The Labute approximate surface area is 191 Å². The molecule has 2 heterocycles. The summed E-state index contributed by atoms with van der Waals surface area (Å²) >= 11 is 0. The molecule has 6 nitrogen and oxygen atoms in total. The third kappa shape index (κ3) is 4.75. The third-order valence-electron chi connectivity index (χ3n) is 5.58. The third-order valence-corrected chi connectivity index (χ3v) is 5.58. The van der Waals surface area contributed by atoms with E-state index in [0.717, 1.165) is 12.0 Å². The van der Waals surface area contributed by atoms with Gasteiger partial charge in [0.2, 0.25) is 11.3 Å². The summed E-state index contributed by atoms with van der Waals surface area (Å²) in [5.41, 5.74) is 4.00. The van der Waals surface area contributed by atoms with Gasteiger partial charge in [-0.15, -0.1) is 0 Å². The first-order valence-corrected chi connectivity index (χ1v) is 10.9. The van der Waals surface area contributed by atoms with E-state index in [0.29, 0.717) is 28.0 Å². The van der Waals surface area contributed by atoms with E-state index >= 15 is 0 Å². The average molecular weight is 440 g/mol. The van der Waals surface area contributed by atoms with E-state index in [4.69, 9.17) is 0 Å². The number of hydrogen-bond acceptors (Lipinski definition) is 4. The molecule has 0 bridgehead atoms. The van der Waals surface area contributed by atoms with E-state index in [9.17, 15) is 14.4 Å². The molecule has 0 saturated carbocycles. The monoisotopic (exact) mass is 439 g/mol. The first-order chi connectivity index (χ1) is 15.9. The molecule has 2 aromatic carbocycles. The number of rotatable bonds is 6. The number of amides is 1. The standard InChI is InChI=1S/C27H25N3O3/c1-4-19-8-12-21(13-9-19)29-24(31)16-30-15-23(25(32)20-10-5-17(2)6-11-20)26(33)22-14-7-18(3)28-27(22)30/h5-15H,4,16H2,1-3H3,(H,29,31). The number of anilines is 1. The molecule has 0 spiro atoms. The number of hydrogen-bond donors (Lipinski definition) is 1. The topological polar surface area (TPSA) is 81.1 Å². The van der Waals surface area contributed by atoms with Crippen LogP contribution < -0.4 is 10.7 Å². The maximum atomic E-state index is 13.1. The Hall–Kier alpha value is -4.06. The van der Waals surface area contributed by atoms with Gasteiger partial charge in [-0.2, -0.15) is 0 Å². The summed E-state index contributed by atoms with van der Waals surface area (Å²) in [6.07, 6.45) is 2.36. The molecule has 0 aliphatic carbocycles. The van der Waals surface area contributed by atoms with Crippen LogP contribution in [0.15, 0.2) is 71.7 Å². The fourth-order valence-electron chi connectivity index (χ4n) is 3.68. The van der Waals surface area contributed by atoms with E-state index in [2.05, 4.69) is 17.2 Å². The van der Waals surface area contributed by atoms with Crippen LogP contribution in [0.2, 0.25) is 0 Å². The molecule has 0 radical (unpaired) electrons. The van der Waals surface area contributed by atoms with Crippen LogP contribution in [0.4, 0.5) is 5.69 Å². The lowest BCUT2D eigenvalue weighted by molar-refractivity contribution is -0.116. The lowest BCUT2D eigenvalue weighted by Crippen LogP contribution is -2.25. The van der Waals surface area contributed by atoms with Gasteiger partial charge in [-0.05, 0) is 50.1 Å². The molecule has 0 atom stereocenters. The second-order valence-electron chi connectivity index (χ2n) is 8.12. The van der Waals surface area contributed by atoms with E-state index < -0.39 is 5.43 Å². The van der Waals surface area contributed by atoms with Gasteiger partial charge in [-0.25, -0.2) is 4.98 Å². The largest absolute Gasteiger partial charge is 0.325 e. The number of ketones is 1. The SMILES string of the molecule is CCc1ccc(NC(=O)Cn2cc(C(=O)c3ccc(C)cc3)c(=O)c3ccc(C)nc32)cc1. The highest BCUT2D eigenvalue weighted by Crippen LogP contribution is 2.16. The van der Waals surface area contributed by atoms with Gasteiger partial charge in [0, 0.05) is 23.1 Å². The first kappa shape index (κ1) is 22.1. The Morgan fingerprint density at radius 1 is 0.939 bits per heavy atom. The summed E-state index contributed by atoms with van der Waals surface area (Å²) in [5.74, 6) is -0.659. The van der Waals surface area contributed by atoms with Crippen LogP contribution in [0.1, 0.15) is 39.7 Å². The summed E-state index contributed by atoms with van der Waals surface area (Å²) in [7, 11) is 0. The Bertz CT molecular complexity index is 1400. The molecule has 166 valence electrons. The van der Waals surface area contributed by atoms with E-state index in [1.54, 1.807) is 28.8 Å². The quantitative estimate of drug-likeness (QED) is 0.450. The molecular formula is C27H25N3O3. The normalized spacial score (nSPS) is 10.9. The van der Waals surface area contributed by atoms with Crippen LogP contribution in [-0.2, 0) is 17.8 Å². The number of benzene rings is 2. The lowest BCUT2D eigenvalue weighted by Gasteiger charge is -2.13. The Balaban J connectivity index is 1.72. The van der Waals surface area contributed by atoms with Crippen molar-refractivity contribution in [3.63, 3.8) is 0 Å². The van der Waals surface area contributed by atoms with Crippen molar-refractivity contribution in [2.75, 3.05) is 5.32 Å². The molecule has 1 N–H and O–H groups in total. The van der Waals surface area contributed by atoms with Crippen molar-refractivity contribution in [2.24, 2.45) is 0 Å². The second-order valence-corrected chi connectivity index (χ2v) is 8.12. The number of carbonyl (C=O) groups is 2. The fraction of sp³-hybridized carbons (Fsp3) is 0.185. The highest BCUT2D eigenvalue weighted by molar-refractivity contribution is 6.10. The van der Waals surface area contributed by atoms with Gasteiger partial charge < -0.3 is 9.88 Å². The Kier molecular flexibility index (Phi) is 6.18. The van der Waals surface area contributed by atoms with Crippen LogP contribution in [0, 0.1) is 13.8 Å². The van der Waals surface area contributed by atoms with Gasteiger partial charge in [0.05, 0.1) is 10.9 Å². The van der Waals surface area contributed by atoms with Gasteiger partial charge in [-0.1, -0.05) is 48.9 Å². The highest BCUT2D eigenvalue weighted by atomic mass is 16.2. The van der Waals surface area contributed by atoms with Crippen LogP contribution in [0.25, 0.3) is 11.0 Å². The van der Waals surface area contributed by atoms with E-state index in [1.807, 2.05) is 50.2 Å². The minimum absolute atomic E-state index is 0.0112. The van der Waals surface area contributed by atoms with Gasteiger partial charge in [-0.3, -0.25) is 14.4 Å². The molecule has 0 aliphatic rings. The van der Waals surface area contributed by atoms with Crippen LogP contribution >= 0.6 is 0 Å². The molecule has 4 rings (SSSR count). The van der Waals surface area contributed by atoms with Crippen molar-refractivity contribution in [3.05, 3.63) is 105 Å². The van der Waals surface area contributed by atoms with Crippen molar-refractivity contribution < 1.29 is 9.59 Å². The van der Waals surface area contributed by atoms with Crippen molar-refractivity contribution in [2.45, 2.75) is 33.7 Å². The second kappa shape index (κ2) is 9.20. The van der Waals surface area contributed by atoms with Gasteiger partial charge >= 0.3 is 0 Å². The van der Waals surface area contributed by atoms with Crippen LogP contribution in [0.3, 0.4) is 0 Å². The molecule has 1 amide bonds. The molecule has 0 unspecified atom stereocenters. The first-order valence-electron chi connectivity index (χ1n) is 10.9. The maximum Gasteiger partial charge on any atom is 0.244 e. The minimum atomic E-state index is -0.394. The summed E-state index contributed by atoms with van der Waals surface area (Å²) < 4.78 is 1.57. The molecule has 0 fully saturated rings. The van der Waals surface area contributed by atoms with Gasteiger partial charge in [0.15, 0.2) is 5.78 Å². The minimum Gasteiger partial charge on any atom is -0.325 e. The smallest absolute Gasteiger partial charge is 0.244 e. The molecule has 6 heteroatoms. The summed E-state index contributed by atoms with van der Waals surface area (Å²) in [6, 6.07) is 18.1. The maximum absolute atomic E-state index is 13.1. The number of nitrogens with zero attached hydrogens (tertiary/aromatic N) is 2. The molecule has 2 aromatic heterocycles. The van der Waals surface area contributed by atoms with Crippen LogP contribution in [0.5, 0.6) is 0 Å². The lowest BCUT2D eigenvalue weighted by atomic mass is 10.0. The number of aromatic nitrogens is 2. The number of pyridine rings is 2. The zero-order valence-corrected chi connectivity index (χ0v) is 18.9. The number of carbonyl (C=O) groups excluding carboxylic acids is 2. The van der Waals surface area contributed by atoms with Gasteiger partial charge in [0.25, 0.3) is 0 Å². The predicted molar refractivity (Wildman–Crippen MR) is 130 cm³/mol. The highest BCUT2D eigenvalue weighted by Gasteiger charge is 2.19. The predicted octanol–water partition coefficient (Wildman–Crippen LogP) is 4.45. The average Bonchev–Trinajstić information content (AvgIpc) is 2.81. The summed E-state index contributed by atoms with van der Waals surface area (Å²) in [4.78, 5) is 43.6. The van der Waals surface area contributed by atoms with Crippen molar-refractivity contribution >= 4 is 28.4 Å². The number of nitrogens with one attached hydrogen (secondary N) is 1. The molecule has 4 aromatic rings. The Morgan fingerprint density at radius 3 is 2.30 bits per heavy atom. The molecule has 33 heavy (non-hydrogen) atoms. The molecular weight excluding hydrogens is 414 g/mol. The Morgan fingerprint density at radius 2 is 1.64 bits per heavy atom. The molecule has 0 aliphatic heterocycles. The van der Waals surface area contributed by atoms with Crippen molar-refractivity contribution in [1.82, 2.24) is 9.55 Å². The zero-order valence-electron chi connectivity index (χ0n) is 18.9. The molecule has 0 saturated heterocycles. The van der Waals surface area contributed by atoms with Crippen molar-refractivity contribution in [1.29, 1.82) is 0 Å².